The van der Waals surface area contributed by atoms with Gasteiger partial charge < -0.3 is 0 Å². The lowest BCUT2D eigenvalue weighted by molar-refractivity contribution is 0.548. The van der Waals surface area contributed by atoms with E-state index in [0.717, 1.165) is 12.1 Å². The second kappa shape index (κ2) is 5.89. The van der Waals surface area contributed by atoms with Gasteiger partial charge in [-0.15, -0.1) is 11.6 Å². The monoisotopic (exact) mass is 316 g/mol. The molecule has 0 N–H and O–H groups in total. The minimum Gasteiger partial charge on any atom is -0.224 e. The molecule has 106 valence electrons. The Labute approximate surface area is 120 Å². The van der Waals surface area contributed by atoms with E-state index in [4.69, 9.17) is 11.6 Å². The van der Waals surface area contributed by atoms with Gasteiger partial charge in [-0.3, -0.25) is 0 Å². The molecule has 2 nitrogen and oxygen atoms in total. The third kappa shape index (κ3) is 3.35. The van der Waals surface area contributed by atoms with Crippen molar-refractivity contribution in [1.82, 2.24) is 0 Å². The van der Waals surface area contributed by atoms with E-state index >= 15 is 0 Å². The molecule has 0 aliphatic carbocycles. The first-order chi connectivity index (χ1) is 9.40. The number of hydrogen-bond donors (Lipinski definition) is 0. The first kappa shape index (κ1) is 14.9. The quantitative estimate of drug-likeness (QED) is 0.636. The molecule has 0 aliphatic heterocycles. The summed E-state index contributed by atoms with van der Waals surface area (Å²) < 4.78 is 50.5. The summed E-state index contributed by atoms with van der Waals surface area (Å²) in [5.74, 6) is -2.39. The van der Waals surface area contributed by atoms with Gasteiger partial charge in [0, 0.05) is 6.07 Å². The molecular formula is C14H11ClF2O2S. The summed E-state index contributed by atoms with van der Waals surface area (Å²) in [6.07, 6.45) is 0. The minimum atomic E-state index is -3.93. The summed E-state index contributed by atoms with van der Waals surface area (Å²) in [5.41, 5.74) is 0.625. The highest BCUT2D eigenvalue weighted by atomic mass is 35.5. The average molecular weight is 317 g/mol. The molecule has 0 bridgehead atoms. The molecule has 20 heavy (non-hydrogen) atoms. The predicted octanol–water partition coefficient (Wildman–Crippen LogP) is 3.72. The molecule has 2 aromatic carbocycles. The van der Waals surface area contributed by atoms with Gasteiger partial charge in [0.2, 0.25) is 0 Å². The lowest BCUT2D eigenvalue weighted by atomic mass is 10.2. The summed E-state index contributed by atoms with van der Waals surface area (Å²) in [6.45, 7) is 0. The SMILES string of the molecule is O=S(=O)(C[C@H](Cl)c1ccccc1)c1ccc(F)cc1F. The lowest BCUT2D eigenvalue weighted by Gasteiger charge is -2.11. The van der Waals surface area contributed by atoms with Crippen LogP contribution in [0.5, 0.6) is 0 Å². The van der Waals surface area contributed by atoms with Crippen molar-refractivity contribution >= 4 is 21.4 Å². The first-order valence-electron chi connectivity index (χ1n) is 5.77. The number of alkyl halides is 1. The van der Waals surface area contributed by atoms with Gasteiger partial charge in [0.05, 0.1) is 11.1 Å². The van der Waals surface area contributed by atoms with Gasteiger partial charge in [0.1, 0.15) is 16.5 Å². The molecule has 0 aromatic heterocycles. The molecule has 0 heterocycles. The molecule has 0 spiro atoms. The predicted molar refractivity (Wildman–Crippen MR) is 73.4 cm³/mol. The molecule has 0 saturated heterocycles. The molecule has 1 atom stereocenters. The minimum absolute atomic E-state index is 0.457. The summed E-state index contributed by atoms with van der Waals surface area (Å²) in [4.78, 5) is -0.541. The molecule has 2 aromatic rings. The van der Waals surface area contributed by atoms with Crippen LogP contribution >= 0.6 is 11.6 Å². The zero-order valence-corrected chi connectivity index (χ0v) is 11.8. The van der Waals surface area contributed by atoms with Crippen molar-refractivity contribution in [3.8, 4) is 0 Å². The van der Waals surface area contributed by atoms with E-state index in [9.17, 15) is 17.2 Å². The fraction of sp³-hybridized carbons (Fsp3) is 0.143. The normalized spacial score (nSPS) is 13.2. The first-order valence-corrected chi connectivity index (χ1v) is 7.86. The Morgan fingerprint density at radius 1 is 1.05 bits per heavy atom. The Hall–Kier alpha value is -1.46. The highest BCUT2D eigenvalue weighted by Crippen LogP contribution is 2.26. The molecule has 0 unspecified atom stereocenters. The summed E-state index contributed by atoms with van der Waals surface area (Å²) in [7, 11) is -3.93. The van der Waals surface area contributed by atoms with E-state index in [2.05, 4.69) is 0 Å². The van der Waals surface area contributed by atoms with E-state index in [1.807, 2.05) is 0 Å². The van der Waals surface area contributed by atoms with Crippen LogP contribution in [-0.4, -0.2) is 14.2 Å². The maximum absolute atomic E-state index is 13.5. The Morgan fingerprint density at radius 2 is 1.70 bits per heavy atom. The maximum Gasteiger partial charge on any atom is 0.183 e. The van der Waals surface area contributed by atoms with Crippen molar-refractivity contribution < 1.29 is 17.2 Å². The maximum atomic E-state index is 13.5. The highest BCUT2D eigenvalue weighted by molar-refractivity contribution is 7.91. The van der Waals surface area contributed by atoms with Crippen LogP contribution in [0.25, 0.3) is 0 Å². The van der Waals surface area contributed by atoms with Gasteiger partial charge in [-0.1, -0.05) is 30.3 Å². The van der Waals surface area contributed by atoms with Gasteiger partial charge in [0.25, 0.3) is 0 Å². The van der Waals surface area contributed by atoms with Crippen molar-refractivity contribution in [2.75, 3.05) is 5.75 Å². The van der Waals surface area contributed by atoms with Crippen LogP contribution in [0.15, 0.2) is 53.4 Å². The second-order valence-corrected chi connectivity index (χ2v) is 6.76. The Morgan fingerprint density at radius 3 is 2.30 bits per heavy atom. The summed E-state index contributed by atoms with van der Waals surface area (Å²) in [6, 6.07) is 11.0. The Kier molecular flexibility index (Phi) is 4.40. The van der Waals surface area contributed by atoms with Crippen molar-refractivity contribution in [3.05, 3.63) is 65.7 Å². The van der Waals surface area contributed by atoms with Gasteiger partial charge in [-0.25, -0.2) is 17.2 Å². The molecule has 0 amide bonds. The van der Waals surface area contributed by atoms with Gasteiger partial charge in [-0.05, 0) is 17.7 Å². The molecule has 0 aliphatic rings. The van der Waals surface area contributed by atoms with Crippen LogP contribution in [0.4, 0.5) is 8.78 Å². The fourth-order valence-electron chi connectivity index (χ4n) is 1.77. The molecule has 0 saturated carbocycles. The van der Waals surface area contributed by atoms with Gasteiger partial charge in [-0.2, -0.15) is 0 Å². The number of halogens is 3. The van der Waals surface area contributed by atoms with E-state index in [0.29, 0.717) is 11.6 Å². The number of hydrogen-bond acceptors (Lipinski definition) is 2. The molecule has 0 radical (unpaired) electrons. The van der Waals surface area contributed by atoms with Crippen molar-refractivity contribution in [2.24, 2.45) is 0 Å². The molecular weight excluding hydrogens is 306 g/mol. The average Bonchev–Trinajstić information content (AvgIpc) is 2.38. The van der Waals surface area contributed by atoms with Crippen molar-refractivity contribution in [1.29, 1.82) is 0 Å². The topological polar surface area (TPSA) is 34.1 Å². The standard InChI is InChI=1S/C14H11ClF2O2S/c15-12(10-4-2-1-3-5-10)9-20(18,19)14-7-6-11(16)8-13(14)17/h1-8,12H,9H2/t12-/m0/s1. The van der Waals surface area contributed by atoms with Crippen molar-refractivity contribution in [2.45, 2.75) is 10.3 Å². The van der Waals surface area contributed by atoms with Crippen LogP contribution in [0.2, 0.25) is 0 Å². The molecule has 6 heteroatoms. The van der Waals surface area contributed by atoms with E-state index in [-0.39, 0.29) is 0 Å². The third-order valence-electron chi connectivity index (χ3n) is 2.76. The van der Waals surface area contributed by atoms with E-state index in [1.165, 1.54) is 0 Å². The van der Waals surface area contributed by atoms with Gasteiger partial charge >= 0.3 is 0 Å². The van der Waals surface area contributed by atoms with Crippen LogP contribution in [-0.2, 0) is 9.84 Å². The number of benzene rings is 2. The van der Waals surface area contributed by atoms with Crippen LogP contribution < -0.4 is 0 Å². The van der Waals surface area contributed by atoms with Crippen molar-refractivity contribution in [3.63, 3.8) is 0 Å². The third-order valence-corrected chi connectivity index (χ3v) is 5.12. The van der Waals surface area contributed by atoms with E-state index in [1.54, 1.807) is 30.3 Å². The lowest BCUT2D eigenvalue weighted by Crippen LogP contribution is -2.13. The van der Waals surface area contributed by atoms with Crippen LogP contribution in [0.3, 0.4) is 0 Å². The number of sulfone groups is 1. The van der Waals surface area contributed by atoms with Crippen LogP contribution in [0.1, 0.15) is 10.9 Å². The molecule has 0 fully saturated rings. The van der Waals surface area contributed by atoms with Crippen LogP contribution in [0, 0.1) is 11.6 Å². The largest absolute Gasteiger partial charge is 0.224 e. The molecule has 2 rings (SSSR count). The van der Waals surface area contributed by atoms with Gasteiger partial charge in [0.15, 0.2) is 9.84 Å². The zero-order valence-electron chi connectivity index (χ0n) is 10.3. The summed E-state index contributed by atoms with van der Waals surface area (Å²) >= 11 is 6.05. The smallest absolute Gasteiger partial charge is 0.183 e. The summed E-state index contributed by atoms with van der Waals surface area (Å²) in [5, 5.41) is -0.800. The fourth-order valence-corrected chi connectivity index (χ4v) is 3.80. The Bertz CT molecular complexity index is 702. The van der Waals surface area contributed by atoms with E-state index < -0.39 is 37.5 Å². The Balaban J connectivity index is 2.28. The zero-order chi connectivity index (χ0) is 14.8. The number of rotatable bonds is 4. The highest BCUT2D eigenvalue weighted by Gasteiger charge is 2.24. The second-order valence-electron chi connectivity index (χ2n) is 4.23.